The molecule has 0 bridgehead atoms. The van der Waals surface area contributed by atoms with E-state index in [1.54, 1.807) is 0 Å². The first-order valence-corrected chi connectivity index (χ1v) is 10.5. The van der Waals surface area contributed by atoms with Gasteiger partial charge in [0.15, 0.2) is 16.1 Å². The van der Waals surface area contributed by atoms with E-state index in [-0.39, 0.29) is 84.0 Å². The van der Waals surface area contributed by atoms with Crippen LogP contribution >= 0.6 is 23.2 Å². The van der Waals surface area contributed by atoms with Crippen LogP contribution in [-0.4, -0.2) is 69.7 Å². The van der Waals surface area contributed by atoms with Crippen LogP contribution in [0.5, 0.6) is 11.5 Å². The van der Waals surface area contributed by atoms with Crippen molar-refractivity contribution in [3.63, 3.8) is 0 Å². The molecule has 4 heterocycles. The summed E-state index contributed by atoms with van der Waals surface area (Å²) < 4.78 is 10.1. The minimum absolute atomic E-state index is 0. The number of carbonyl (C=O) groups excluding carboxylic acids is 4. The summed E-state index contributed by atoms with van der Waals surface area (Å²) in [6.45, 7) is 1.22. The van der Waals surface area contributed by atoms with Crippen LogP contribution in [0, 0.1) is 0 Å². The molecule has 0 aliphatic heterocycles. The number of ketones is 3. The van der Waals surface area contributed by atoms with Crippen LogP contribution in [0.25, 0.3) is 21.8 Å². The molecule has 0 aliphatic carbocycles. The molecule has 0 saturated carbocycles. The van der Waals surface area contributed by atoms with E-state index in [0.29, 0.717) is 22.2 Å². The molecular weight excluding hydrogens is 558 g/mol. The van der Waals surface area contributed by atoms with Gasteiger partial charge in [0.2, 0.25) is 11.6 Å². The Morgan fingerprint density at radius 2 is 1.22 bits per heavy atom. The van der Waals surface area contributed by atoms with Gasteiger partial charge in [-0.1, -0.05) is 23.2 Å². The van der Waals surface area contributed by atoms with Crippen LogP contribution in [0.15, 0.2) is 24.8 Å². The summed E-state index contributed by atoms with van der Waals surface area (Å²) in [7, 11) is 3.84. The number of rotatable bonds is 6. The summed E-state index contributed by atoms with van der Waals surface area (Å²) in [6, 6.07) is 0. The maximum Gasteiger partial charge on any atom is 1.00 e. The van der Waals surface area contributed by atoms with Crippen LogP contribution in [0.4, 0.5) is 0 Å². The van der Waals surface area contributed by atoms with Gasteiger partial charge in [0.05, 0.1) is 59.5 Å². The molecule has 4 aromatic heterocycles. The van der Waals surface area contributed by atoms with E-state index in [1.165, 1.54) is 45.9 Å². The Balaban J connectivity index is 0.000000338. The zero-order chi connectivity index (χ0) is 27.2. The molecule has 0 amide bonds. The smallest absolute Gasteiger partial charge is 0.541 e. The molecule has 0 unspecified atom stereocenters. The number of H-pyrrole nitrogens is 2. The van der Waals surface area contributed by atoms with Crippen molar-refractivity contribution in [3.8, 4) is 11.5 Å². The van der Waals surface area contributed by atoms with E-state index < -0.39 is 23.3 Å². The zero-order valence-corrected chi connectivity index (χ0v) is 24.9. The van der Waals surface area contributed by atoms with Gasteiger partial charge in [-0.05, 0) is 0 Å². The van der Waals surface area contributed by atoms with Crippen molar-refractivity contribution in [2.45, 2.75) is 6.92 Å². The summed E-state index contributed by atoms with van der Waals surface area (Å²) >= 11 is 11.7. The van der Waals surface area contributed by atoms with Gasteiger partial charge in [0.1, 0.15) is 17.5 Å². The normalized spacial score (nSPS) is 9.81. The first-order valence-electron chi connectivity index (χ1n) is 9.77. The number of carboxylic acids is 1. The monoisotopic (exact) mass is 576 g/mol. The Hall–Kier alpha value is -2.36. The fourth-order valence-corrected chi connectivity index (χ4v) is 3.54. The number of aromatic nitrogens is 4. The maximum absolute atomic E-state index is 11.7. The number of carboxylic acid groups (broad SMARTS) is 1. The molecule has 3 N–H and O–H groups in total. The van der Waals surface area contributed by atoms with E-state index in [0.717, 1.165) is 7.11 Å². The molecule has 12 nitrogen and oxygen atoms in total. The summed E-state index contributed by atoms with van der Waals surface area (Å²) in [6.07, 6.45) is 5.39. The molecule has 37 heavy (non-hydrogen) atoms. The van der Waals surface area contributed by atoms with Crippen molar-refractivity contribution in [3.05, 3.63) is 46.2 Å². The molecule has 0 fully saturated rings. The predicted octanol–water partition coefficient (Wildman–Crippen LogP) is -1.23. The number of aliphatic carboxylic acids is 1. The quantitative estimate of drug-likeness (QED) is 0.108. The maximum atomic E-state index is 11.7. The minimum atomic E-state index is -1.79. The van der Waals surface area contributed by atoms with Crippen molar-refractivity contribution in [1.82, 2.24) is 19.9 Å². The second kappa shape index (κ2) is 14.5. The van der Waals surface area contributed by atoms with E-state index >= 15 is 0 Å². The Morgan fingerprint density at radius 1 is 0.838 bits per heavy atom. The summed E-state index contributed by atoms with van der Waals surface area (Å²) in [5.41, 5.74) is 1.00. The number of aliphatic hydroxyl groups is 1. The molecule has 4 aromatic rings. The molecule has 15 heteroatoms. The molecule has 0 saturated heterocycles. The van der Waals surface area contributed by atoms with Gasteiger partial charge in [-0.15, -0.1) is 0 Å². The number of Topliss-reactive ketones (excluding diaryl/α,β-unsaturated/α-hetero) is 3. The van der Waals surface area contributed by atoms with Crippen LogP contribution < -0.4 is 66.0 Å². The van der Waals surface area contributed by atoms with E-state index in [2.05, 4.69) is 19.9 Å². The van der Waals surface area contributed by atoms with Gasteiger partial charge in [-0.2, -0.15) is 0 Å². The molecule has 0 radical (unpaired) electrons. The van der Waals surface area contributed by atoms with Gasteiger partial charge in [-0.3, -0.25) is 14.4 Å². The van der Waals surface area contributed by atoms with Gasteiger partial charge in [0.25, 0.3) is 0 Å². The van der Waals surface area contributed by atoms with Crippen LogP contribution in [-0.2, 0) is 9.59 Å². The predicted molar refractivity (Wildman–Crippen MR) is 128 cm³/mol. The van der Waals surface area contributed by atoms with Crippen LogP contribution in [0.1, 0.15) is 27.6 Å². The second-order valence-electron chi connectivity index (χ2n) is 6.64. The fourth-order valence-electron chi connectivity index (χ4n) is 3.14. The van der Waals surface area contributed by atoms with Crippen molar-refractivity contribution >= 4 is 68.3 Å². The Bertz CT molecular complexity index is 1360. The number of nitrogens with zero attached hydrogens (tertiary/aromatic N) is 2. The number of nitrogens with one attached hydrogen (secondary N) is 2. The van der Waals surface area contributed by atoms with E-state index in [9.17, 15) is 24.3 Å². The third-order valence-electron chi connectivity index (χ3n) is 4.69. The number of aliphatic hydroxyl groups excluding tert-OH is 1. The SMILES string of the molecule is CO.COc1cnc(Cl)c2[nH]cc(C(=O)C(=O)[O-])c12.COc1cnc(Cl)c2[nH]cc(C(=O)C(C)=O)c12.[K+]. The van der Waals surface area contributed by atoms with Crippen molar-refractivity contribution < 1.29 is 90.2 Å². The molecule has 4 rings (SSSR count). The van der Waals surface area contributed by atoms with Crippen LogP contribution in [0.3, 0.4) is 0 Å². The minimum Gasteiger partial charge on any atom is -0.541 e. The van der Waals surface area contributed by atoms with Crippen molar-refractivity contribution in [2.24, 2.45) is 0 Å². The van der Waals surface area contributed by atoms with Crippen molar-refractivity contribution in [1.29, 1.82) is 0 Å². The van der Waals surface area contributed by atoms with E-state index in [1.807, 2.05) is 0 Å². The number of halogens is 2. The number of pyridine rings is 2. The number of ether oxygens (including phenoxy) is 2. The first-order chi connectivity index (χ1) is 17.1. The molecule has 0 spiro atoms. The fraction of sp³-hybridized carbons (Fsp3) is 0.182. The second-order valence-corrected chi connectivity index (χ2v) is 7.36. The largest absolute Gasteiger partial charge is 1.00 e. The third kappa shape index (κ3) is 6.94. The third-order valence-corrected chi connectivity index (χ3v) is 5.26. The number of hydrogen-bond acceptors (Lipinski definition) is 10. The average Bonchev–Trinajstić information content (AvgIpc) is 3.52. The Labute approximate surface area is 262 Å². The van der Waals surface area contributed by atoms with Gasteiger partial charge in [0, 0.05) is 26.4 Å². The average molecular weight is 577 g/mol. The van der Waals surface area contributed by atoms with E-state index in [4.69, 9.17) is 37.8 Å². The topological polar surface area (TPSA) is 187 Å². The number of carbonyl (C=O) groups is 4. The Kier molecular flexibility index (Phi) is 12.8. The Morgan fingerprint density at radius 3 is 1.54 bits per heavy atom. The number of fused-ring (bicyclic) bond motifs is 2. The number of aromatic amines is 2. The van der Waals surface area contributed by atoms with Crippen LogP contribution in [0.2, 0.25) is 10.3 Å². The molecule has 0 atom stereocenters. The summed E-state index contributed by atoms with van der Waals surface area (Å²) in [5, 5.41) is 18.7. The summed E-state index contributed by atoms with van der Waals surface area (Å²) in [5.74, 6) is -3.40. The van der Waals surface area contributed by atoms with Gasteiger partial charge < -0.3 is 34.4 Å². The van der Waals surface area contributed by atoms with Gasteiger partial charge >= 0.3 is 51.4 Å². The number of methoxy groups -OCH3 is 2. The zero-order valence-electron chi connectivity index (χ0n) is 20.3. The molecule has 0 aliphatic rings. The molecular formula is C22H19Cl2KN4O8. The van der Waals surface area contributed by atoms with Crippen molar-refractivity contribution in [2.75, 3.05) is 21.3 Å². The van der Waals surface area contributed by atoms with Gasteiger partial charge in [-0.25, -0.2) is 9.97 Å². The standard InChI is InChI=1S/C11H9ClN2O3.C10H7ClN2O4.CH4O.K/c1-5(15)10(16)6-3-13-9-8(6)7(17-2)4-14-11(9)12;1-17-5-3-13-9(11)7-6(5)4(2-12-7)8(14)10(15)16;1-2;/h3-4,13H,1-2H3;2-3,12H,1H3,(H,15,16);2H,1H3;/q;;;+1/p-1. The summed E-state index contributed by atoms with van der Waals surface area (Å²) in [4.78, 5) is 58.0. The molecule has 190 valence electrons. The first kappa shape index (κ1) is 32.7. The molecule has 0 aromatic carbocycles. The number of hydrogen-bond donors (Lipinski definition) is 3.